The molecule has 13 heteroatoms. The lowest BCUT2D eigenvalue weighted by Crippen LogP contribution is -2.47. The Labute approximate surface area is 310 Å². The highest BCUT2D eigenvalue weighted by Gasteiger charge is 2.44. The minimum absolute atomic E-state index is 0.0606. The smallest absolute Gasteiger partial charge is 0.374 e. The number of nitrogens with one attached hydrogen (secondary N) is 1. The van der Waals surface area contributed by atoms with Crippen LogP contribution in [-0.2, 0) is 30.4 Å². The number of ether oxygens (including phenoxy) is 1. The highest BCUT2D eigenvalue weighted by molar-refractivity contribution is 8.26. The second-order valence-corrected chi connectivity index (χ2v) is 17.4. The summed E-state index contributed by atoms with van der Waals surface area (Å²) in [6.07, 6.45) is 7.65. The summed E-state index contributed by atoms with van der Waals surface area (Å²) in [7, 11) is -6.47. The molecule has 11 nitrogen and oxygen atoms in total. The van der Waals surface area contributed by atoms with Crippen molar-refractivity contribution in [2.45, 2.75) is 44.5 Å². The van der Waals surface area contributed by atoms with Crippen molar-refractivity contribution < 1.29 is 40.4 Å². The van der Waals surface area contributed by atoms with E-state index in [-0.39, 0.29) is 11.9 Å². The van der Waals surface area contributed by atoms with Crippen LogP contribution in [0.2, 0.25) is 0 Å². The molecule has 53 heavy (non-hydrogen) atoms. The molecule has 1 unspecified atom stereocenters. The molecule has 2 saturated heterocycles. The fraction of sp³-hybridized carbons (Fsp3) is 0.275. The monoisotopic (exact) mass is 755 g/mol. The predicted molar refractivity (Wildman–Crippen MR) is 204 cm³/mol. The molecular formula is C40H41N3O8S2. The lowest BCUT2D eigenvalue weighted by Gasteiger charge is -2.50. The van der Waals surface area contributed by atoms with E-state index in [1.54, 1.807) is 4.90 Å². The summed E-state index contributed by atoms with van der Waals surface area (Å²) in [6, 6.07) is 32.1. The number of hydrogen-bond acceptors (Lipinski definition) is 10. The van der Waals surface area contributed by atoms with Crippen LogP contribution in [0.5, 0.6) is 5.75 Å². The maximum absolute atomic E-state index is 11.8. The van der Waals surface area contributed by atoms with Gasteiger partial charge in [0.05, 0.1) is 27.6 Å². The number of aryl methyl sites for hydroxylation is 1. The third-order valence-electron chi connectivity index (χ3n) is 9.85. The molecule has 276 valence electrons. The fourth-order valence-corrected chi connectivity index (χ4v) is 9.56. The quantitative estimate of drug-likeness (QED) is 0.0767. The van der Waals surface area contributed by atoms with E-state index in [0.717, 1.165) is 64.7 Å². The van der Waals surface area contributed by atoms with E-state index in [9.17, 15) is 13.0 Å². The summed E-state index contributed by atoms with van der Waals surface area (Å²) < 4.78 is 62.0. The molecule has 5 aromatic rings. The molecule has 1 N–H and O–H groups in total. The zero-order valence-corrected chi connectivity index (χ0v) is 30.9. The lowest BCUT2D eigenvalue weighted by molar-refractivity contribution is -0.674. The summed E-state index contributed by atoms with van der Waals surface area (Å²) in [6.45, 7) is 3.43. The highest BCUT2D eigenvalue weighted by atomic mass is 32.3. The maximum atomic E-state index is 11.8. The van der Waals surface area contributed by atoms with Crippen LogP contribution in [0.4, 0.5) is 5.69 Å². The number of nitrogens with zero attached hydrogens (tertiary/aromatic N) is 2. The predicted octanol–water partition coefficient (Wildman–Crippen LogP) is 7.76. The van der Waals surface area contributed by atoms with Crippen molar-refractivity contribution >= 4 is 43.6 Å². The Balaban J connectivity index is 1.17. The van der Waals surface area contributed by atoms with Gasteiger partial charge in [-0.2, -0.15) is 4.57 Å². The van der Waals surface area contributed by atoms with Crippen molar-refractivity contribution in [3.63, 3.8) is 0 Å². The molecule has 0 amide bonds. The molecule has 0 aliphatic carbocycles. The summed E-state index contributed by atoms with van der Waals surface area (Å²) in [4.78, 5) is 1.76. The van der Waals surface area contributed by atoms with Gasteiger partial charge in [-0.25, -0.2) is 8.42 Å². The molecule has 4 heterocycles. The summed E-state index contributed by atoms with van der Waals surface area (Å²) in [5.41, 5.74) is 7.33. The number of rotatable bonds is 12. The van der Waals surface area contributed by atoms with Gasteiger partial charge in [0.15, 0.2) is 12.3 Å². The highest BCUT2D eigenvalue weighted by Crippen LogP contribution is 2.62. The lowest BCUT2D eigenvalue weighted by atomic mass is 10.0. The van der Waals surface area contributed by atoms with E-state index in [1.165, 1.54) is 0 Å². The summed E-state index contributed by atoms with van der Waals surface area (Å²) >= 11 is 0. The molecule has 3 aliphatic heterocycles. The first-order chi connectivity index (χ1) is 25.8. The Kier molecular flexibility index (Phi) is 10.1. The van der Waals surface area contributed by atoms with E-state index in [4.69, 9.17) is 22.9 Å². The minimum Gasteiger partial charge on any atom is -0.748 e. The number of oxazole rings is 1. The van der Waals surface area contributed by atoms with Gasteiger partial charge in [0, 0.05) is 18.7 Å². The SMILES string of the molecule is CCC(=Cc1oc2ccc(-c3ccccc3)cc2[n+]1CCS1(C2CCCCN2)OOO1)C=C1Oc2ccc(-c3ccccc3)cc2N1CCS(=O)(=O)[O-]. The van der Waals surface area contributed by atoms with Crippen LogP contribution in [0.25, 0.3) is 39.4 Å². The van der Waals surface area contributed by atoms with Crippen molar-refractivity contribution in [2.24, 2.45) is 0 Å². The Bertz CT molecular complexity index is 2270. The van der Waals surface area contributed by atoms with Crippen LogP contribution in [-0.4, -0.2) is 42.9 Å². The normalized spacial score (nSPS) is 19.9. The molecule has 1 atom stereocenters. The first kappa shape index (κ1) is 35.6. The second kappa shape index (κ2) is 15.1. The van der Waals surface area contributed by atoms with Gasteiger partial charge in [-0.15, -0.1) is 10.6 Å². The van der Waals surface area contributed by atoms with Crippen LogP contribution < -0.4 is 19.5 Å². The fourth-order valence-electron chi connectivity index (χ4n) is 7.01. The Morgan fingerprint density at radius 1 is 0.943 bits per heavy atom. The zero-order valence-electron chi connectivity index (χ0n) is 29.3. The van der Waals surface area contributed by atoms with Crippen molar-refractivity contribution in [1.82, 2.24) is 5.32 Å². The van der Waals surface area contributed by atoms with Gasteiger partial charge in [0.2, 0.25) is 11.5 Å². The van der Waals surface area contributed by atoms with Gasteiger partial charge >= 0.3 is 5.89 Å². The number of piperidine rings is 1. The number of aromatic nitrogens is 1. The van der Waals surface area contributed by atoms with Gasteiger partial charge in [0.25, 0.3) is 5.52 Å². The van der Waals surface area contributed by atoms with Crippen LogP contribution in [0.1, 0.15) is 38.5 Å². The van der Waals surface area contributed by atoms with Crippen molar-refractivity contribution in [3.8, 4) is 28.0 Å². The minimum atomic E-state index is -4.49. The van der Waals surface area contributed by atoms with Gasteiger partial charge in [-0.05, 0) is 83.3 Å². The van der Waals surface area contributed by atoms with Gasteiger partial charge in [0.1, 0.15) is 11.1 Å². The molecule has 0 spiro atoms. The summed E-state index contributed by atoms with van der Waals surface area (Å²) in [5, 5.41) is 8.55. The summed E-state index contributed by atoms with van der Waals surface area (Å²) in [5.74, 6) is 1.64. The van der Waals surface area contributed by atoms with Crippen LogP contribution in [0.3, 0.4) is 0 Å². The van der Waals surface area contributed by atoms with E-state index in [1.807, 2.05) is 91.9 Å². The van der Waals surface area contributed by atoms with E-state index >= 15 is 0 Å². The second-order valence-electron chi connectivity index (χ2n) is 13.3. The molecular weight excluding hydrogens is 715 g/mol. The molecule has 0 saturated carbocycles. The molecule has 0 radical (unpaired) electrons. The van der Waals surface area contributed by atoms with Gasteiger partial charge in [-0.1, -0.05) is 88.4 Å². The molecule has 4 aromatic carbocycles. The standard InChI is InChI=1S/C40H41N3O8S2/c1-2-29(26-40-43(22-24-53(44,45)46)35-28-33(17-19-37(35)48-40)31-13-7-4-8-14-31)25-39-42(21-23-52(50-49-51-52)38-15-9-10-20-41-38)34-27-32(16-18-36(34)47-39)30-11-5-3-6-12-30/h3-8,11-14,16-19,25-28,38,41H,2,9-10,15,20-24H2,1H3. The van der Waals surface area contributed by atoms with Gasteiger partial charge < -0.3 is 18.6 Å². The Hall–Kier alpha value is -4.47. The van der Waals surface area contributed by atoms with E-state index < -0.39 is 26.5 Å². The topological polar surface area (TPSA) is 126 Å². The van der Waals surface area contributed by atoms with Gasteiger partial charge in [-0.3, -0.25) is 5.32 Å². The van der Waals surface area contributed by atoms with Crippen LogP contribution in [0.15, 0.2) is 119 Å². The average Bonchev–Trinajstić information content (AvgIpc) is 3.69. The van der Waals surface area contributed by atoms with E-state index in [0.29, 0.717) is 41.9 Å². The number of benzene rings is 4. The number of fused-ring (bicyclic) bond motifs is 2. The van der Waals surface area contributed by atoms with Crippen LogP contribution >= 0.6 is 10.6 Å². The first-order valence-electron chi connectivity index (χ1n) is 17.9. The Morgan fingerprint density at radius 3 is 2.30 bits per heavy atom. The maximum Gasteiger partial charge on any atom is 0.374 e. The molecule has 2 fully saturated rings. The third-order valence-corrected chi connectivity index (χ3v) is 13.1. The molecule has 0 bridgehead atoms. The largest absolute Gasteiger partial charge is 0.748 e. The zero-order chi connectivity index (χ0) is 36.4. The number of anilines is 1. The average molecular weight is 756 g/mol. The first-order valence-corrected chi connectivity index (χ1v) is 21.2. The van der Waals surface area contributed by atoms with Crippen molar-refractivity contribution in [2.75, 3.05) is 29.5 Å². The van der Waals surface area contributed by atoms with E-state index in [2.05, 4.69) is 34.1 Å². The molecule has 3 aliphatic rings. The van der Waals surface area contributed by atoms with Crippen molar-refractivity contribution in [1.29, 1.82) is 0 Å². The molecule has 8 rings (SSSR count). The Morgan fingerprint density at radius 2 is 1.66 bits per heavy atom. The number of allylic oxidation sites excluding steroid dienone is 2. The van der Waals surface area contributed by atoms with Crippen LogP contribution in [0, 0.1) is 0 Å². The third kappa shape index (κ3) is 7.64. The molecule has 1 aromatic heterocycles. The van der Waals surface area contributed by atoms with Crippen molar-refractivity contribution in [3.05, 3.63) is 120 Å². The number of hydrogen-bond donors (Lipinski definition) is 1.